The van der Waals surface area contributed by atoms with Gasteiger partial charge in [-0.1, -0.05) is 66.7 Å². The Kier molecular flexibility index (Phi) is 4.96. The van der Waals surface area contributed by atoms with Crippen LogP contribution in [0.4, 0.5) is 0 Å². The number of thiophene rings is 1. The first kappa shape index (κ1) is 15.2. The van der Waals surface area contributed by atoms with Crippen LogP contribution in [0.25, 0.3) is 0 Å². The summed E-state index contributed by atoms with van der Waals surface area (Å²) in [5.74, 6) is -0.520. The topological polar surface area (TPSA) is 41.5 Å². The minimum atomic E-state index is -0.377. The minimum absolute atomic E-state index is 0.143. The second-order valence-corrected chi connectivity index (χ2v) is 5.98. The summed E-state index contributed by atoms with van der Waals surface area (Å²) in [6.07, 6.45) is 1.66. The van der Waals surface area contributed by atoms with Crippen LogP contribution in [0.5, 0.6) is 0 Å². The van der Waals surface area contributed by atoms with Gasteiger partial charge < -0.3 is 0 Å². The molecule has 3 nitrogen and oxygen atoms in total. The first-order valence-electron chi connectivity index (χ1n) is 7.31. The van der Waals surface area contributed by atoms with Crippen molar-refractivity contribution in [1.29, 1.82) is 0 Å². The van der Waals surface area contributed by atoms with Gasteiger partial charge in [0.1, 0.15) is 0 Å². The third-order valence-electron chi connectivity index (χ3n) is 3.44. The van der Waals surface area contributed by atoms with E-state index in [1.54, 1.807) is 17.6 Å². The highest BCUT2D eigenvalue weighted by Crippen LogP contribution is 2.24. The molecule has 0 aliphatic rings. The van der Waals surface area contributed by atoms with Crippen molar-refractivity contribution in [3.63, 3.8) is 0 Å². The van der Waals surface area contributed by atoms with E-state index in [2.05, 4.69) is 10.5 Å². The molecule has 0 spiro atoms. The van der Waals surface area contributed by atoms with Crippen molar-refractivity contribution in [2.45, 2.75) is 5.92 Å². The lowest BCUT2D eigenvalue weighted by atomic mass is 9.91. The zero-order chi connectivity index (χ0) is 15.9. The normalized spacial score (nSPS) is 11.0. The quantitative estimate of drug-likeness (QED) is 0.559. The summed E-state index contributed by atoms with van der Waals surface area (Å²) in [5, 5.41) is 6.04. The molecule has 1 amide bonds. The average molecular weight is 320 g/mol. The van der Waals surface area contributed by atoms with Crippen molar-refractivity contribution in [2.75, 3.05) is 0 Å². The molecule has 3 aromatic rings. The largest absolute Gasteiger partial charge is 0.272 e. The number of hydrogen-bond acceptors (Lipinski definition) is 3. The van der Waals surface area contributed by atoms with Crippen molar-refractivity contribution in [1.82, 2.24) is 5.43 Å². The van der Waals surface area contributed by atoms with E-state index in [1.807, 2.05) is 78.2 Å². The summed E-state index contributed by atoms with van der Waals surface area (Å²) in [7, 11) is 0. The van der Waals surface area contributed by atoms with Gasteiger partial charge >= 0.3 is 0 Å². The Balaban J connectivity index is 1.82. The maximum Gasteiger partial charge on any atom is 0.252 e. The van der Waals surface area contributed by atoms with E-state index < -0.39 is 0 Å². The Morgan fingerprint density at radius 3 is 2.04 bits per heavy atom. The summed E-state index contributed by atoms with van der Waals surface area (Å²) in [6, 6.07) is 23.4. The highest BCUT2D eigenvalue weighted by atomic mass is 32.1. The summed E-state index contributed by atoms with van der Waals surface area (Å²) in [4.78, 5) is 13.7. The van der Waals surface area contributed by atoms with Gasteiger partial charge in [-0.15, -0.1) is 11.3 Å². The molecule has 1 heterocycles. The average Bonchev–Trinajstić information content (AvgIpc) is 3.10. The predicted molar refractivity (Wildman–Crippen MR) is 94.8 cm³/mol. The molecule has 0 aliphatic carbocycles. The van der Waals surface area contributed by atoms with Crippen LogP contribution in [0.2, 0.25) is 0 Å². The van der Waals surface area contributed by atoms with Gasteiger partial charge in [0.25, 0.3) is 5.91 Å². The van der Waals surface area contributed by atoms with Crippen molar-refractivity contribution >= 4 is 23.5 Å². The molecule has 0 unspecified atom stereocenters. The molecular weight excluding hydrogens is 304 g/mol. The molecule has 23 heavy (non-hydrogen) atoms. The Morgan fingerprint density at radius 2 is 1.52 bits per heavy atom. The first-order chi connectivity index (χ1) is 11.3. The van der Waals surface area contributed by atoms with Crippen LogP contribution in [-0.2, 0) is 4.79 Å². The van der Waals surface area contributed by atoms with Crippen LogP contribution in [0.3, 0.4) is 0 Å². The molecule has 0 saturated heterocycles. The van der Waals surface area contributed by atoms with Gasteiger partial charge in [-0.05, 0) is 22.6 Å². The summed E-state index contributed by atoms with van der Waals surface area (Å²) >= 11 is 1.58. The fourth-order valence-corrected chi connectivity index (χ4v) is 2.96. The van der Waals surface area contributed by atoms with Crippen LogP contribution < -0.4 is 5.43 Å². The van der Waals surface area contributed by atoms with E-state index in [4.69, 9.17) is 0 Å². The standard InChI is InChI=1S/C19H16N2OS/c22-19(21-20-14-17-12-7-13-23-17)18(15-8-3-1-4-9-15)16-10-5-2-6-11-16/h1-14,18H,(H,21,22)/b20-14-. The third kappa shape index (κ3) is 3.93. The fourth-order valence-electron chi connectivity index (χ4n) is 2.37. The molecule has 0 saturated carbocycles. The SMILES string of the molecule is O=C(N/N=C\c1cccs1)C(c1ccccc1)c1ccccc1. The van der Waals surface area contributed by atoms with Crippen LogP contribution in [0.1, 0.15) is 21.9 Å². The van der Waals surface area contributed by atoms with E-state index >= 15 is 0 Å². The summed E-state index contributed by atoms with van der Waals surface area (Å²) in [6.45, 7) is 0. The van der Waals surface area contributed by atoms with Crippen molar-refractivity contribution in [2.24, 2.45) is 5.10 Å². The van der Waals surface area contributed by atoms with E-state index in [0.717, 1.165) is 16.0 Å². The van der Waals surface area contributed by atoms with Crippen LogP contribution in [0, 0.1) is 0 Å². The highest BCUT2D eigenvalue weighted by molar-refractivity contribution is 7.11. The lowest BCUT2D eigenvalue weighted by Crippen LogP contribution is -2.26. The third-order valence-corrected chi connectivity index (χ3v) is 4.24. The Bertz CT molecular complexity index is 728. The Morgan fingerprint density at radius 1 is 0.913 bits per heavy atom. The van der Waals surface area contributed by atoms with E-state index in [9.17, 15) is 4.79 Å². The number of nitrogens with zero attached hydrogens (tertiary/aromatic N) is 1. The number of rotatable bonds is 5. The zero-order valence-electron chi connectivity index (χ0n) is 12.4. The number of benzene rings is 2. The van der Waals surface area contributed by atoms with Gasteiger partial charge in [0, 0.05) is 4.88 Å². The highest BCUT2D eigenvalue weighted by Gasteiger charge is 2.22. The molecule has 2 aromatic carbocycles. The molecule has 1 aromatic heterocycles. The van der Waals surface area contributed by atoms with Crippen LogP contribution in [-0.4, -0.2) is 12.1 Å². The molecule has 4 heteroatoms. The number of hydrogen-bond donors (Lipinski definition) is 1. The lowest BCUT2D eigenvalue weighted by Gasteiger charge is -2.16. The van der Waals surface area contributed by atoms with Gasteiger partial charge in [0.2, 0.25) is 0 Å². The Labute approximate surface area is 139 Å². The zero-order valence-corrected chi connectivity index (χ0v) is 13.2. The number of carbonyl (C=O) groups excluding carboxylic acids is 1. The minimum Gasteiger partial charge on any atom is -0.272 e. The number of nitrogens with one attached hydrogen (secondary N) is 1. The maximum absolute atomic E-state index is 12.7. The second-order valence-electron chi connectivity index (χ2n) is 5.00. The fraction of sp³-hybridized carbons (Fsp3) is 0.0526. The van der Waals surface area contributed by atoms with Gasteiger partial charge in [-0.3, -0.25) is 4.79 Å². The van der Waals surface area contributed by atoms with Gasteiger partial charge in [-0.25, -0.2) is 5.43 Å². The second kappa shape index (κ2) is 7.51. The predicted octanol–water partition coefficient (Wildman–Crippen LogP) is 4.03. The molecular formula is C19H16N2OS. The molecule has 0 atom stereocenters. The number of amides is 1. The number of carbonyl (C=O) groups is 1. The lowest BCUT2D eigenvalue weighted by molar-refractivity contribution is -0.121. The van der Waals surface area contributed by atoms with Crippen LogP contribution in [0.15, 0.2) is 83.3 Å². The molecule has 0 aliphatic heterocycles. The monoisotopic (exact) mass is 320 g/mol. The van der Waals surface area contributed by atoms with E-state index in [-0.39, 0.29) is 11.8 Å². The molecule has 0 fully saturated rings. The summed E-state index contributed by atoms with van der Waals surface area (Å²) < 4.78 is 0. The van der Waals surface area contributed by atoms with E-state index in [0.29, 0.717) is 0 Å². The van der Waals surface area contributed by atoms with Crippen molar-refractivity contribution in [3.8, 4) is 0 Å². The molecule has 1 N–H and O–H groups in total. The van der Waals surface area contributed by atoms with Crippen molar-refractivity contribution < 1.29 is 4.79 Å². The van der Waals surface area contributed by atoms with Gasteiger partial charge in [0.15, 0.2) is 0 Å². The van der Waals surface area contributed by atoms with Crippen LogP contribution >= 0.6 is 11.3 Å². The molecule has 114 valence electrons. The molecule has 3 rings (SSSR count). The van der Waals surface area contributed by atoms with E-state index in [1.165, 1.54) is 0 Å². The first-order valence-corrected chi connectivity index (χ1v) is 8.19. The van der Waals surface area contributed by atoms with Gasteiger partial charge in [-0.2, -0.15) is 5.10 Å². The molecule has 0 radical (unpaired) electrons. The van der Waals surface area contributed by atoms with Crippen molar-refractivity contribution in [3.05, 3.63) is 94.2 Å². The number of hydrazone groups is 1. The Hall–Kier alpha value is -2.72. The maximum atomic E-state index is 12.7. The van der Waals surface area contributed by atoms with Gasteiger partial charge in [0.05, 0.1) is 12.1 Å². The smallest absolute Gasteiger partial charge is 0.252 e. The molecule has 0 bridgehead atoms. The summed E-state index contributed by atoms with van der Waals surface area (Å²) in [5.41, 5.74) is 4.55.